The number of rotatable bonds is 7. The van der Waals surface area contributed by atoms with Gasteiger partial charge in [-0.05, 0) is 50.5 Å². The quantitative estimate of drug-likeness (QED) is 0.796. The highest BCUT2D eigenvalue weighted by atomic mass is 35.5. The topological polar surface area (TPSA) is 33.3 Å². The molecule has 4 heteroatoms. The summed E-state index contributed by atoms with van der Waals surface area (Å²) in [6.45, 7) is 4.68. The highest BCUT2D eigenvalue weighted by molar-refractivity contribution is 6.31. The monoisotopic (exact) mass is 344 g/mol. The van der Waals surface area contributed by atoms with Gasteiger partial charge in [-0.2, -0.15) is 0 Å². The Kier molecular flexibility index (Phi) is 6.53. The highest BCUT2D eigenvalue weighted by Gasteiger charge is 2.12. The molecule has 0 saturated carbocycles. The van der Waals surface area contributed by atoms with Crippen LogP contribution >= 0.6 is 11.6 Å². The third-order valence-electron chi connectivity index (χ3n) is 4.52. The smallest absolute Gasteiger partial charge is 0.124 e. The molecule has 0 aromatic heterocycles. The first kappa shape index (κ1) is 17.3. The fourth-order valence-corrected chi connectivity index (χ4v) is 3.25. The largest absolute Gasteiger partial charge is 0.489 e. The predicted octanol–water partition coefficient (Wildman–Crippen LogP) is 4.01. The minimum absolute atomic E-state index is 0.491. The Bertz CT molecular complexity index is 641. The van der Waals surface area contributed by atoms with E-state index in [0.717, 1.165) is 48.4 Å². The van der Waals surface area contributed by atoms with Crippen molar-refractivity contribution >= 4 is 11.6 Å². The van der Waals surface area contributed by atoms with Gasteiger partial charge in [-0.3, -0.25) is 0 Å². The van der Waals surface area contributed by atoms with Crippen LogP contribution in [0.15, 0.2) is 48.5 Å². The maximum atomic E-state index is 6.20. The third kappa shape index (κ3) is 4.97. The van der Waals surface area contributed by atoms with Gasteiger partial charge in [0.2, 0.25) is 0 Å². The number of halogens is 1. The summed E-state index contributed by atoms with van der Waals surface area (Å²) in [7, 11) is 0. The molecule has 2 aromatic rings. The second kappa shape index (κ2) is 9.07. The zero-order chi connectivity index (χ0) is 16.6. The zero-order valence-electron chi connectivity index (χ0n) is 13.9. The molecule has 24 heavy (non-hydrogen) atoms. The van der Waals surface area contributed by atoms with Gasteiger partial charge in [-0.25, -0.2) is 0 Å². The lowest BCUT2D eigenvalue weighted by molar-refractivity contribution is 0.301. The van der Waals surface area contributed by atoms with Crippen LogP contribution < -0.4 is 15.4 Å². The van der Waals surface area contributed by atoms with Gasteiger partial charge in [0.1, 0.15) is 12.4 Å². The van der Waals surface area contributed by atoms with E-state index in [1.54, 1.807) is 0 Å². The van der Waals surface area contributed by atoms with Gasteiger partial charge in [0.25, 0.3) is 0 Å². The Morgan fingerprint density at radius 3 is 2.50 bits per heavy atom. The minimum Gasteiger partial charge on any atom is -0.489 e. The molecule has 3 rings (SSSR count). The van der Waals surface area contributed by atoms with Crippen LogP contribution in [-0.2, 0) is 13.2 Å². The molecule has 0 amide bonds. The summed E-state index contributed by atoms with van der Waals surface area (Å²) in [5.74, 6) is 1.71. The zero-order valence-corrected chi connectivity index (χ0v) is 14.7. The molecule has 128 valence electrons. The second-order valence-electron chi connectivity index (χ2n) is 6.31. The molecule has 1 heterocycles. The summed E-state index contributed by atoms with van der Waals surface area (Å²) in [5, 5.41) is 7.75. The lowest BCUT2D eigenvalue weighted by atomic mass is 9.98. The van der Waals surface area contributed by atoms with Crippen molar-refractivity contribution in [1.82, 2.24) is 10.6 Å². The molecule has 0 spiro atoms. The molecule has 0 aliphatic carbocycles. The lowest BCUT2D eigenvalue weighted by Crippen LogP contribution is -2.33. The van der Waals surface area contributed by atoms with E-state index in [-0.39, 0.29) is 0 Å². The lowest BCUT2D eigenvalue weighted by Gasteiger charge is -2.23. The molecule has 1 aliphatic heterocycles. The van der Waals surface area contributed by atoms with Gasteiger partial charge in [-0.15, -0.1) is 0 Å². The summed E-state index contributed by atoms with van der Waals surface area (Å²) < 4.78 is 6.01. The Morgan fingerprint density at radius 1 is 1.00 bits per heavy atom. The van der Waals surface area contributed by atoms with Crippen molar-refractivity contribution in [3.05, 3.63) is 64.7 Å². The molecule has 0 bridgehead atoms. The van der Waals surface area contributed by atoms with Crippen molar-refractivity contribution in [1.29, 1.82) is 0 Å². The molecule has 0 radical (unpaired) electrons. The summed E-state index contributed by atoms with van der Waals surface area (Å²) in [6.07, 6.45) is 2.52. The van der Waals surface area contributed by atoms with E-state index in [1.165, 1.54) is 18.4 Å². The number of hydrogen-bond donors (Lipinski definition) is 2. The molecular formula is C20H25ClN2O. The predicted molar refractivity (Wildman–Crippen MR) is 99.5 cm³/mol. The van der Waals surface area contributed by atoms with Crippen LogP contribution in [0, 0.1) is 5.92 Å². The van der Waals surface area contributed by atoms with Gasteiger partial charge in [-0.1, -0.05) is 48.0 Å². The Balaban J connectivity index is 1.53. The fraction of sp³-hybridized carbons (Fsp3) is 0.400. The van der Waals surface area contributed by atoms with Crippen molar-refractivity contribution in [2.75, 3.05) is 19.6 Å². The summed E-state index contributed by atoms with van der Waals surface area (Å²) >= 11 is 6.20. The van der Waals surface area contributed by atoms with Crippen LogP contribution in [0.2, 0.25) is 5.02 Å². The highest BCUT2D eigenvalue weighted by Crippen LogP contribution is 2.22. The maximum absolute atomic E-state index is 6.20. The van der Waals surface area contributed by atoms with E-state index in [4.69, 9.17) is 16.3 Å². The first-order chi connectivity index (χ1) is 11.8. The SMILES string of the molecule is Clc1ccccc1COc1ccccc1CNCC1CCNCC1. The van der Waals surface area contributed by atoms with Gasteiger partial charge in [0, 0.05) is 22.7 Å². The number of piperidine rings is 1. The molecule has 2 aromatic carbocycles. The fourth-order valence-electron chi connectivity index (χ4n) is 3.06. The van der Waals surface area contributed by atoms with Crippen LogP contribution in [-0.4, -0.2) is 19.6 Å². The standard InChI is InChI=1S/C20H25ClN2O/c21-19-7-3-1-6-18(19)15-24-20-8-4-2-5-17(20)14-23-13-16-9-11-22-12-10-16/h1-8,16,22-23H,9-15H2. The second-order valence-corrected chi connectivity index (χ2v) is 6.72. The van der Waals surface area contributed by atoms with E-state index in [1.807, 2.05) is 36.4 Å². The van der Waals surface area contributed by atoms with Gasteiger partial charge in [0.05, 0.1) is 0 Å². The van der Waals surface area contributed by atoms with Crippen LogP contribution in [0.4, 0.5) is 0 Å². The maximum Gasteiger partial charge on any atom is 0.124 e. The normalized spacial score (nSPS) is 15.4. The Morgan fingerprint density at radius 2 is 1.71 bits per heavy atom. The van der Waals surface area contributed by atoms with E-state index in [2.05, 4.69) is 22.8 Å². The van der Waals surface area contributed by atoms with Crippen molar-refractivity contribution in [3.8, 4) is 5.75 Å². The Labute approximate surface area is 149 Å². The van der Waals surface area contributed by atoms with Crippen LogP contribution in [0.1, 0.15) is 24.0 Å². The molecule has 2 N–H and O–H groups in total. The van der Waals surface area contributed by atoms with Crippen LogP contribution in [0.5, 0.6) is 5.75 Å². The van der Waals surface area contributed by atoms with Gasteiger partial charge in [0.15, 0.2) is 0 Å². The average molecular weight is 345 g/mol. The molecule has 3 nitrogen and oxygen atoms in total. The molecule has 1 fully saturated rings. The van der Waals surface area contributed by atoms with E-state index in [0.29, 0.717) is 6.61 Å². The van der Waals surface area contributed by atoms with E-state index in [9.17, 15) is 0 Å². The van der Waals surface area contributed by atoms with E-state index >= 15 is 0 Å². The molecule has 0 atom stereocenters. The summed E-state index contributed by atoms with van der Waals surface area (Å²) in [6, 6.07) is 16.0. The van der Waals surface area contributed by atoms with Crippen molar-refractivity contribution < 1.29 is 4.74 Å². The minimum atomic E-state index is 0.491. The van der Waals surface area contributed by atoms with E-state index < -0.39 is 0 Å². The molecular weight excluding hydrogens is 320 g/mol. The molecule has 1 saturated heterocycles. The number of nitrogens with one attached hydrogen (secondary N) is 2. The Hall–Kier alpha value is -1.55. The molecule has 0 unspecified atom stereocenters. The first-order valence-electron chi connectivity index (χ1n) is 8.68. The average Bonchev–Trinajstić information content (AvgIpc) is 2.63. The number of hydrogen-bond acceptors (Lipinski definition) is 3. The first-order valence-corrected chi connectivity index (χ1v) is 9.06. The molecule has 1 aliphatic rings. The van der Waals surface area contributed by atoms with Crippen molar-refractivity contribution in [2.45, 2.75) is 26.0 Å². The summed E-state index contributed by atoms with van der Waals surface area (Å²) in [4.78, 5) is 0. The number of ether oxygens (including phenoxy) is 1. The summed E-state index contributed by atoms with van der Waals surface area (Å²) in [5.41, 5.74) is 2.20. The van der Waals surface area contributed by atoms with Crippen molar-refractivity contribution in [3.63, 3.8) is 0 Å². The van der Waals surface area contributed by atoms with Gasteiger partial charge < -0.3 is 15.4 Å². The van der Waals surface area contributed by atoms with Crippen molar-refractivity contribution in [2.24, 2.45) is 5.92 Å². The van der Waals surface area contributed by atoms with Gasteiger partial charge >= 0.3 is 0 Å². The van der Waals surface area contributed by atoms with Crippen LogP contribution in [0.3, 0.4) is 0 Å². The number of para-hydroxylation sites is 1. The third-order valence-corrected chi connectivity index (χ3v) is 4.89. The van der Waals surface area contributed by atoms with Crippen LogP contribution in [0.25, 0.3) is 0 Å². The number of benzene rings is 2.